The summed E-state index contributed by atoms with van der Waals surface area (Å²) in [5, 5.41) is 7.41. The van der Waals surface area contributed by atoms with Crippen LogP contribution in [0.5, 0.6) is 0 Å². The van der Waals surface area contributed by atoms with Crippen molar-refractivity contribution in [3.05, 3.63) is 41.5 Å². The standard InChI is InChI=1S/C12H16N4/c1-9-5-4-6-11(10(9)2)13-7-12-14-8-15-16(12)3/h4-6,8,13H,7H2,1-3H3. The zero-order valence-corrected chi connectivity index (χ0v) is 9.86. The summed E-state index contributed by atoms with van der Waals surface area (Å²) >= 11 is 0. The van der Waals surface area contributed by atoms with E-state index in [1.165, 1.54) is 11.1 Å². The van der Waals surface area contributed by atoms with E-state index in [1.54, 1.807) is 11.0 Å². The Balaban J connectivity index is 2.11. The lowest BCUT2D eigenvalue weighted by Crippen LogP contribution is -2.07. The van der Waals surface area contributed by atoms with Gasteiger partial charge in [0.25, 0.3) is 0 Å². The van der Waals surface area contributed by atoms with E-state index in [1.807, 2.05) is 7.05 Å². The highest BCUT2D eigenvalue weighted by molar-refractivity contribution is 5.53. The molecule has 0 saturated heterocycles. The van der Waals surface area contributed by atoms with Gasteiger partial charge in [0.05, 0.1) is 6.54 Å². The van der Waals surface area contributed by atoms with Crippen LogP contribution in [0.15, 0.2) is 24.5 Å². The van der Waals surface area contributed by atoms with Gasteiger partial charge in [-0.05, 0) is 31.0 Å². The fraction of sp³-hybridized carbons (Fsp3) is 0.333. The largest absolute Gasteiger partial charge is 0.378 e. The van der Waals surface area contributed by atoms with Gasteiger partial charge in [-0.25, -0.2) is 4.98 Å². The molecule has 16 heavy (non-hydrogen) atoms. The highest BCUT2D eigenvalue weighted by Crippen LogP contribution is 2.18. The monoisotopic (exact) mass is 216 g/mol. The average molecular weight is 216 g/mol. The van der Waals surface area contributed by atoms with Gasteiger partial charge in [0, 0.05) is 12.7 Å². The number of nitrogens with one attached hydrogen (secondary N) is 1. The van der Waals surface area contributed by atoms with Crippen molar-refractivity contribution in [2.45, 2.75) is 20.4 Å². The summed E-state index contributed by atoms with van der Waals surface area (Å²) in [6, 6.07) is 6.25. The fourth-order valence-corrected chi connectivity index (χ4v) is 1.60. The third kappa shape index (κ3) is 2.05. The zero-order chi connectivity index (χ0) is 11.5. The number of aromatic nitrogens is 3. The molecule has 0 aliphatic rings. The highest BCUT2D eigenvalue weighted by atomic mass is 15.3. The molecule has 0 radical (unpaired) electrons. The normalized spacial score (nSPS) is 10.4. The lowest BCUT2D eigenvalue weighted by Gasteiger charge is -2.10. The summed E-state index contributed by atoms with van der Waals surface area (Å²) in [6.07, 6.45) is 1.57. The predicted molar refractivity (Wildman–Crippen MR) is 64.2 cm³/mol. The topological polar surface area (TPSA) is 42.7 Å². The van der Waals surface area contributed by atoms with Crippen molar-refractivity contribution in [3.63, 3.8) is 0 Å². The molecule has 0 fully saturated rings. The van der Waals surface area contributed by atoms with E-state index in [9.17, 15) is 0 Å². The third-order valence-corrected chi connectivity index (χ3v) is 2.85. The summed E-state index contributed by atoms with van der Waals surface area (Å²) in [6.45, 7) is 4.93. The molecule has 4 heteroatoms. The molecule has 0 unspecified atom stereocenters. The SMILES string of the molecule is Cc1cccc(NCc2ncnn2C)c1C. The second-order valence-electron chi connectivity index (χ2n) is 3.90. The van der Waals surface area contributed by atoms with Crippen LogP contribution in [0.1, 0.15) is 17.0 Å². The van der Waals surface area contributed by atoms with Crippen molar-refractivity contribution in [2.75, 3.05) is 5.32 Å². The van der Waals surface area contributed by atoms with Crippen LogP contribution in [-0.4, -0.2) is 14.8 Å². The lowest BCUT2D eigenvalue weighted by molar-refractivity contribution is 0.712. The highest BCUT2D eigenvalue weighted by Gasteiger charge is 2.02. The first-order valence-electron chi connectivity index (χ1n) is 5.31. The molecule has 0 bridgehead atoms. The first-order valence-corrected chi connectivity index (χ1v) is 5.31. The minimum Gasteiger partial charge on any atom is -0.378 e. The first kappa shape index (κ1) is 10.7. The number of anilines is 1. The van der Waals surface area contributed by atoms with E-state index in [4.69, 9.17) is 0 Å². The fourth-order valence-electron chi connectivity index (χ4n) is 1.60. The molecule has 0 spiro atoms. The Hall–Kier alpha value is -1.84. The quantitative estimate of drug-likeness (QED) is 0.853. The minimum atomic E-state index is 0.695. The second kappa shape index (κ2) is 4.35. The van der Waals surface area contributed by atoms with Crippen LogP contribution >= 0.6 is 0 Å². The van der Waals surface area contributed by atoms with Gasteiger partial charge in [0.15, 0.2) is 0 Å². The van der Waals surface area contributed by atoms with Crippen molar-refractivity contribution >= 4 is 5.69 Å². The second-order valence-corrected chi connectivity index (χ2v) is 3.90. The molecule has 1 heterocycles. The molecule has 0 aliphatic heterocycles. The molecule has 1 aromatic heterocycles. The maximum atomic E-state index is 4.17. The summed E-state index contributed by atoms with van der Waals surface area (Å²) < 4.78 is 1.78. The molecule has 2 aromatic rings. The van der Waals surface area contributed by atoms with Crippen LogP contribution in [-0.2, 0) is 13.6 Å². The van der Waals surface area contributed by atoms with Gasteiger partial charge in [0.1, 0.15) is 12.2 Å². The van der Waals surface area contributed by atoms with Crippen molar-refractivity contribution in [3.8, 4) is 0 Å². The third-order valence-electron chi connectivity index (χ3n) is 2.85. The van der Waals surface area contributed by atoms with Gasteiger partial charge in [-0.3, -0.25) is 4.68 Å². The van der Waals surface area contributed by atoms with E-state index < -0.39 is 0 Å². The van der Waals surface area contributed by atoms with E-state index in [-0.39, 0.29) is 0 Å². The van der Waals surface area contributed by atoms with Gasteiger partial charge in [-0.1, -0.05) is 12.1 Å². The van der Waals surface area contributed by atoms with Crippen LogP contribution in [0, 0.1) is 13.8 Å². The first-order chi connectivity index (χ1) is 7.68. The smallest absolute Gasteiger partial charge is 0.145 e. The molecule has 0 aliphatic carbocycles. The van der Waals surface area contributed by atoms with Gasteiger partial charge in [-0.2, -0.15) is 5.10 Å². The van der Waals surface area contributed by atoms with Crippen molar-refractivity contribution in [1.29, 1.82) is 0 Å². The number of rotatable bonds is 3. The molecule has 0 saturated carbocycles. The zero-order valence-electron chi connectivity index (χ0n) is 9.86. The molecule has 0 atom stereocenters. The maximum Gasteiger partial charge on any atom is 0.145 e. The molecule has 84 valence electrons. The van der Waals surface area contributed by atoms with Gasteiger partial charge in [-0.15, -0.1) is 0 Å². The summed E-state index contributed by atoms with van der Waals surface area (Å²) in [7, 11) is 1.90. The number of hydrogen-bond acceptors (Lipinski definition) is 3. The predicted octanol–water partition coefficient (Wildman–Crippen LogP) is 2.04. The maximum absolute atomic E-state index is 4.17. The summed E-state index contributed by atoms with van der Waals surface area (Å²) in [5.41, 5.74) is 3.73. The number of hydrogen-bond donors (Lipinski definition) is 1. The van der Waals surface area contributed by atoms with Gasteiger partial charge < -0.3 is 5.32 Å². The Kier molecular flexibility index (Phi) is 2.90. The van der Waals surface area contributed by atoms with Crippen LogP contribution in [0.4, 0.5) is 5.69 Å². The Labute approximate surface area is 95.3 Å². The molecule has 4 nitrogen and oxygen atoms in total. The van der Waals surface area contributed by atoms with Crippen molar-refractivity contribution < 1.29 is 0 Å². The summed E-state index contributed by atoms with van der Waals surface area (Å²) in [4.78, 5) is 4.17. The molecule has 1 N–H and O–H groups in total. The molecular weight excluding hydrogens is 200 g/mol. The molecular formula is C12H16N4. The number of nitrogens with zero attached hydrogens (tertiary/aromatic N) is 3. The van der Waals surface area contributed by atoms with Crippen LogP contribution in [0.25, 0.3) is 0 Å². The average Bonchev–Trinajstić information content (AvgIpc) is 2.67. The van der Waals surface area contributed by atoms with Crippen molar-refractivity contribution in [2.24, 2.45) is 7.05 Å². The van der Waals surface area contributed by atoms with Crippen LogP contribution in [0.3, 0.4) is 0 Å². The van der Waals surface area contributed by atoms with E-state index >= 15 is 0 Å². The minimum absolute atomic E-state index is 0.695. The number of aryl methyl sites for hydroxylation is 2. The van der Waals surface area contributed by atoms with E-state index in [2.05, 4.69) is 47.4 Å². The summed E-state index contributed by atoms with van der Waals surface area (Å²) in [5.74, 6) is 0.931. The van der Waals surface area contributed by atoms with Crippen molar-refractivity contribution in [1.82, 2.24) is 14.8 Å². The Morgan fingerprint density at radius 3 is 2.81 bits per heavy atom. The van der Waals surface area contributed by atoms with Crippen LogP contribution in [0.2, 0.25) is 0 Å². The number of benzene rings is 1. The molecule has 1 aromatic carbocycles. The Bertz CT molecular complexity index is 488. The van der Waals surface area contributed by atoms with Gasteiger partial charge in [0.2, 0.25) is 0 Å². The van der Waals surface area contributed by atoms with Crippen LogP contribution < -0.4 is 5.32 Å². The van der Waals surface area contributed by atoms with E-state index in [0.717, 1.165) is 11.5 Å². The van der Waals surface area contributed by atoms with Gasteiger partial charge >= 0.3 is 0 Å². The molecule has 2 rings (SSSR count). The van der Waals surface area contributed by atoms with E-state index in [0.29, 0.717) is 6.54 Å². The Morgan fingerprint density at radius 1 is 1.31 bits per heavy atom. The Morgan fingerprint density at radius 2 is 2.12 bits per heavy atom. The molecule has 0 amide bonds. The lowest BCUT2D eigenvalue weighted by atomic mass is 10.1.